The number of hydrogen-bond donors (Lipinski definition) is 1. The van der Waals surface area contributed by atoms with E-state index in [2.05, 4.69) is 0 Å². The Hall–Kier alpha value is -1.35. The van der Waals surface area contributed by atoms with E-state index in [-0.39, 0.29) is 17.9 Å². The largest absolute Gasteiger partial charge is 0.391 e. The first-order valence-electron chi connectivity index (χ1n) is 6.03. The molecule has 1 saturated heterocycles. The first kappa shape index (κ1) is 12.1. The zero-order chi connectivity index (χ0) is 12.6. The Labute approximate surface area is 102 Å². The van der Waals surface area contributed by atoms with Gasteiger partial charge in [0.15, 0.2) is 0 Å². The van der Waals surface area contributed by atoms with Gasteiger partial charge < -0.3 is 10.0 Å². The molecule has 1 N–H and O–H groups in total. The molecule has 3 nitrogen and oxygen atoms in total. The summed E-state index contributed by atoms with van der Waals surface area (Å²) in [6, 6.07) is 5.90. The summed E-state index contributed by atoms with van der Waals surface area (Å²) in [6.45, 7) is 7.00. The summed E-state index contributed by atoms with van der Waals surface area (Å²) in [7, 11) is 0. The summed E-state index contributed by atoms with van der Waals surface area (Å²) in [5.41, 5.74) is 2.84. The second-order valence-corrected chi connectivity index (χ2v) is 5.07. The van der Waals surface area contributed by atoms with E-state index in [1.54, 1.807) is 4.90 Å². The molecular weight excluding hydrogens is 214 g/mol. The third-order valence-electron chi connectivity index (χ3n) is 3.48. The third kappa shape index (κ3) is 2.34. The molecule has 1 amide bonds. The predicted molar refractivity (Wildman–Crippen MR) is 67.0 cm³/mol. The zero-order valence-electron chi connectivity index (χ0n) is 10.6. The molecule has 0 aromatic heterocycles. The summed E-state index contributed by atoms with van der Waals surface area (Å²) in [4.78, 5) is 14.1. The zero-order valence-corrected chi connectivity index (χ0v) is 10.6. The molecule has 0 aliphatic carbocycles. The maximum atomic E-state index is 12.3. The lowest BCUT2D eigenvalue weighted by atomic mass is 10.0. The van der Waals surface area contributed by atoms with Gasteiger partial charge in [0.1, 0.15) is 0 Å². The van der Waals surface area contributed by atoms with Crippen LogP contribution in [0.4, 0.5) is 0 Å². The van der Waals surface area contributed by atoms with Crippen molar-refractivity contribution in [3.05, 3.63) is 34.9 Å². The molecule has 0 saturated carbocycles. The van der Waals surface area contributed by atoms with Crippen molar-refractivity contribution in [3.63, 3.8) is 0 Å². The number of amides is 1. The first-order valence-corrected chi connectivity index (χ1v) is 6.03. The van der Waals surface area contributed by atoms with Crippen LogP contribution in [0.2, 0.25) is 0 Å². The minimum absolute atomic E-state index is 0.0367. The Morgan fingerprint density at radius 3 is 2.65 bits per heavy atom. The highest BCUT2D eigenvalue weighted by atomic mass is 16.3. The minimum atomic E-state index is -0.385. The molecule has 0 bridgehead atoms. The fourth-order valence-corrected chi connectivity index (χ4v) is 2.25. The summed E-state index contributed by atoms with van der Waals surface area (Å²) in [6.07, 6.45) is -0.385. The highest BCUT2D eigenvalue weighted by Gasteiger charge is 2.31. The third-order valence-corrected chi connectivity index (χ3v) is 3.48. The lowest BCUT2D eigenvalue weighted by molar-refractivity contribution is 0.0764. The maximum Gasteiger partial charge on any atom is 0.254 e. The van der Waals surface area contributed by atoms with Crippen molar-refractivity contribution in [2.24, 2.45) is 5.92 Å². The molecule has 1 fully saturated rings. The number of carbonyl (C=O) groups excluding carboxylic acids is 1. The second kappa shape index (κ2) is 4.49. The molecule has 1 aliphatic heterocycles. The smallest absolute Gasteiger partial charge is 0.254 e. The fourth-order valence-electron chi connectivity index (χ4n) is 2.25. The Morgan fingerprint density at radius 2 is 2.06 bits per heavy atom. The van der Waals surface area contributed by atoms with Crippen LogP contribution in [-0.4, -0.2) is 35.1 Å². The van der Waals surface area contributed by atoms with Crippen LogP contribution in [0, 0.1) is 19.8 Å². The molecule has 2 unspecified atom stereocenters. The van der Waals surface area contributed by atoms with Gasteiger partial charge in [0.2, 0.25) is 0 Å². The number of hydrogen-bond acceptors (Lipinski definition) is 2. The number of benzene rings is 1. The summed E-state index contributed by atoms with van der Waals surface area (Å²) < 4.78 is 0. The van der Waals surface area contributed by atoms with E-state index >= 15 is 0 Å². The molecular formula is C14H19NO2. The van der Waals surface area contributed by atoms with Crippen LogP contribution in [0.25, 0.3) is 0 Å². The molecule has 0 radical (unpaired) electrons. The lowest BCUT2D eigenvalue weighted by Crippen LogP contribution is -2.30. The predicted octanol–water partition coefficient (Wildman–Crippen LogP) is 1.76. The van der Waals surface area contributed by atoms with Gasteiger partial charge in [0.25, 0.3) is 5.91 Å². The van der Waals surface area contributed by atoms with Gasteiger partial charge in [0.05, 0.1) is 6.10 Å². The quantitative estimate of drug-likeness (QED) is 0.803. The van der Waals surface area contributed by atoms with Gasteiger partial charge in [-0.1, -0.05) is 24.6 Å². The van der Waals surface area contributed by atoms with Crippen molar-refractivity contribution in [2.75, 3.05) is 13.1 Å². The minimum Gasteiger partial charge on any atom is -0.391 e. The second-order valence-electron chi connectivity index (χ2n) is 5.07. The van der Waals surface area contributed by atoms with E-state index < -0.39 is 0 Å². The molecule has 1 aromatic carbocycles. The van der Waals surface area contributed by atoms with Gasteiger partial charge in [-0.3, -0.25) is 4.79 Å². The molecule has 0 spiro atoms. The van der Waals surface area contributed by atoms with E-state index in [1.165, 1.54) is 0 Å². The van der Waals surface area contributed by atoms with Crippen molar-refractivity contribution >= 4 is 5.91 Å². The van der Waals surface area contributed by atoms with Crippen molar-refractivity contribution in [1.29, 1.82) is 0 Å². The SMILES string of the molecule is Cc1ccc(C)c(C(=O)N2CC(C)C(O)C2)c1. The molecule has 2 atom stereocenters. The van der Waals surface area contributed by atoms with Crippen molar-refractivity contribution in [2.45, 2.75) is 26.9 Å². The number of likely N-dealkylation sites (tertiary alicyclic amines) is 1. The monoisotopic (exact) mass is 233 g/mol. The van der Waals surface area contributed by atoms with Crippen molar-refractivity contribution in [3.8, 4) is 0 Å². The van der Waals surface area contributed by atoms with Gasteiger partial charge in [0, 0.05) is 24.6 Å². The number of aliphatic hydroxyl groups excluding tert-OH is 1. The summed E-state index contributed by atoms with van der Waals surface area (Å²) >= 11 is 0. The number of rotatable bonds is 1. The molecule has 2 rings (SSSR count). The van der Waals surface area contributed by atoms with Crippen LogP contribution >= 0.6 is 0 Å². The highest BCUT2D eigenvalue weighted by molar-refractivity contribution is 5.96. The Balaban J connectivity index is 2.23. The van der Waals surface area contributed by atoms with Crippen molar-refractivity contribution < 1.29 is 9.90 Å². The molecule has 1 aromatic rings. The standard InChI is InChI=1S/C14H19NO2/c1-9-4-5-10(2)12(6-9)14(17)15-7-11(3)13(16)8-15/h4-6,11,13,16H,7-8H2,1-3H3. The van der Waals surface area contributed by atoms with Crippen LogP contribution in [0.5, 0.6) is 0 Å². The number of aryl methyl sites for hydroxylation is 2. The van der Waals surface area contributed by atoms with Crippen LogP contribution in [0.15, 0.2) is 18.2 Å². The van der Waals surface area contributed by atoms with E-state index in [0.717, 1.165) is 16.7 Å². The summed E-state index contributed by atoms with van der Waals surface area (Å²) in [5.74, 6) is 0.207. The van der Waals surface area contributed by atoms with E-state index in [4.69, 9.17) is 0 Å². The van der Waals surface area contributed by atoms with Gasteiger partial charge in [-0.2, -0.15) is 0 Å². The van der Waals surface area contributed by atoms with Crippen LogP contribution < -0.4 is 0 Å². The Kier molecular flexibility index (Phi) is 3.20. The molecule has 1 aliphatic rings. The molecule has 17 heavy (non-hydrogen) atoms. The van der Waals surface area contributed by atoms with E-state index in [1.807, 2.05) is 39.0 Å². The number of β-amino-alcohol motifs (C(OH)–C–C–N with tert-alkyl or cyclic N) is 1. The average molecular weight is 233 g/mol. The Morgan fingerprint density at radius 1 is 1.35 bits per heavy atom. The van der Waals surface area contributed by atoms with Gasteiger partial charge in [-0.15, -0.1) is 0 Å². The van der Waals surface area contributed by atoms with Crippen LogP contribution in [0.3, 0.4) is 0 Å². The first-order chi connectivity index (χ1) is 7.99. The van der Waals surface area contributed by atoms with Crippen molar-refractivity contribution in [1.82, 2.24) is 4.90 Å². The Bertz CT molecular complexity index is 432. The van der Waals surface area contributed by atoms with Crippen LogP contribution in [0.1, 0.15) is 28.4 Å². The molecule has 92 valence electrons. The van der Waals surface area contributed by atoms with Gasteiger partial charge in [-0.05, 0) is 25.5 Å². The summed E-state index contributed by atoms with van der Waals surface area (Å²) in [5, 5.41) is 9.69. The number of aliphatic hydroxyl groups is 1. The highest BCUT2D eigenvalue weighted by Crippen LogP contribution is 2.20. The number of carbonyl (C=O) groups is 1. The van der Waals surface area contributed by atoms with Gasteiger partial charge in [-0.25, -0.2) is 0 Å². The lowest BCUT2D eigenvalue weighted by Gasteiger charge is -2.17. The topological polar surface area (TPSA) is 40.5 Å². The van der Waals surface area contributed by atoms with E-state index in [0.29, 0.717) is 13.1 Å². The fraction of sp³-hybridized carbons (Fsp3) is 0.500. The average Bonchev–Trinajstić information content (AvgIpc) is 2.62. The normalized spacial score (nSPS) is 24.1. The maximum absolute atomic E-state index is 12.3. The van der Waals surface area contributed by atoms with Gasteiger partial charge >= 0.3 is 0 Å². The van der Waals surface area contributed by atoms with E-state index in [9.17, 15) is 9.90 Å². The molecule has 3 heteroatoms. The van der Waals surface area contributed by atoms with Crippen LogP contribution in [-0.2, 0) is 0 Å². The number of nitrogens with zero attached hydrogens (tertiary/aromatic N) is 1. The molecule has 1 heterocycles.